The number of nitrogens with one attached hydrogen (secondary N) is 3. The van der Waals surface area contributed by atoms with Crippen LogP contribution in [0.4, 0.5) is 17.2 Å². The average molecular weight is 365 g/mol. The fraction of sp³-hybridized carbons (Fsp3) is 0.350. The molecule has 7 nitrogen and oxygen atoms in total. The van der Waals surface area contributed by atoms with Crippen LogP contribution >= 0.6 is 0 Å². The Bertz CT molecular complexity index is 857. The molecule has 0 aliphatic carbocycles. The van der Waals surface area contributed by atoms with Gasteiger partial charge in [-0.15, -0.1) is 0 Å². The molecule has 1 saturated heterocycles. The quantitative estimate of drug-likeness (QED) is 0.777. The lowest BCUT2D eigenvalue weighted by Gasteiger charge is -2.44. The summed E-state index contributed by atoms with van der Waals surface area (Å²) in [6, 6.07) is 11.4. The standard InChI is InChI=1S/C20H23N5O2/c1-2-21-18(26)14-7-8-17(22-13-14)25-11-9-20(10-12-25)19(27)23-15-5-3-4-6-16(15)24-20/h3-8,13,24H,2,9-12H2,1H3,(H,21,26)(H,23,27). The van der Waals surface area contributed by atoms with E-state index in [-0.39, 0.29) is 11.8 Å². The Kier molecular flexibility index (Phi) is 4.43. The summed E-state index contributed by atoms with van der Waals surface area (Å²) in [7, 11) is 0. The molecule has 2 aromatic rings. The first kappa shape index (κ1) is 17.3. The first-order valence-corrected chi connectivity index (χ1v) is 9.29. The number of carbonyl (C=O) groups excluding carboxylic acids is 2. The molecule has 1 fully saturated rings. The molecular weight excluding hydrogens is 342 g/mol. The lowest BCUT2D eigenvalue weighted by molar-refractivity contribution is -0.121. The Morgan fingerprint density at radius 1 is 1.19 bits per heavy atom. The van der Waals surface area contributed by atoms with Crippen LogP contribution in [0.15, 0.2) is 42.6 Å². The van der Waals surface area contributed by atoms with Crippen LogP contribution in [-0.2, 0) is 4.79 Å². The largest absolute Gasteiger partial charge is 0.369 e. The molecule has 1 aromatic carbocycles. The second-order valence-electron chi connectivity index (χ2n) is 6.96. The molecule has 2 amide bonds. The molecule has 3 heterocycles. The van der Waals surface area contributed by atoms with Crippen LogP contribution in [0, 0.1) is 0 Å². The van der Waals surface area contributed by atoms with Gasteiger partial charge in [-0.25, -0.2) is 4.98 Å². The fourth-order valence-electron chi connectivity index (χ4n) is 3.70. The van der Waals surface area contributed by atoms with Crippen molar-refractivity contribution in [1.29, 1.82) is 0 Å². The zero-order valence-corrected chi connectivity index (χ0v) is 15.3. The molecule has 2 aliphatic heterocycles. The minimum atomic E-state index is -0.578. The van der Waals surface area contributed by atoms with Crippen LogP contribution in [0.25, 0.3) is 0 Å². The third-order valence-electron chi connectivity index (χ3n) is 5.27. The topological polar surface area (TPSA) is 86.4 Å². The van der Waals surface area contributed by atoms with Gasteiger partial charge in [-0.3, -0.25) is 9.59 Å². The molecule has 4 rings (SSSR count). The molecule has 0 unspecified atom stereocenters. The summed E-state index contributed by atoms with van der Waals surface area (Å²) in [6.45, 7) is 3.91. The smallest absolute Gasteiger partial charge is 0.252 e. The van der Waals surface area contributed by atoms with E-state index in [1.165, 1.54) is 0 Å². The van der Waals surface area contributed by atoms with Gasteiger partial charge in [0.1, 0.15) is 11.4 Å². The molecule has 27 heavy (non-hydrogen) atoms. The van der Waals surface area contributed by atoms with Gasteiger partial charge in [0.25, 0.3) is 5.91 Å². The van der Waals surface area contributed by atoms with E-state index in [0.717, 1.165) is 30.3 Å². The van der Waals surface area contributed by atoms with Crippen LogP contribution in [-0.4, -0.2) is 42.0 Å². The van der Waals surface area contributed by atoms with E-state index in [1.54, 1.807) is 12.3 Å². The predicted molar refractivity (Wildman–Crippen MR) is 105 cm³/mol. The van der Waals surface area contributed by atoms with Crippen molar-refractivity contribution in [2.24, 2.45) is 0 Å². The number of para-hydroxylation sites is 2. The minimum Gasteiger partial charge on any atom is -0.369 e. The predicted octanol–water partition coefficient (Wildman–Crippen LogP) is 2.23. The maximum atomic E-state index is 12.7. The molecule has 140 valence electrons. The molecule has 0 radical (unpaired) electrons. The molecule has 3 N–H and O–H groups in total. The van der Waals surface area contributed by atoms with E-state index >= 15 is 0 Å². The Morgan fingerprint density at radius 2 is 1.93 bits per heavy atom. The minimum absolute atomic E-state index is 0.0281. The lowest BCUT2D eigenvalue weighted by Crippen LogP contribution is -2.58. The summed E-state index contributed by atoms with van der Waals surface area (Å²) in [5, 5.41) is 9.25. The molecular formula is C20H23N5O2. The summed E-state index contributed by atoms with van der Waals surface area (Å²) in [5.41, 5.74) is 1.78. The van der Waals surface area contributed by atoms with Crippen molar-refractivity contribution in [2.75, 3.05) is 35.2 Å². The molecule has 0 saturated carbocycles. The fourth-order valence-corrected chi connectivity index (χ4v) is 3.70. The molecule has 2 aliphatic rings. The van der Waals surface area contributed by atoms with Gasteiger partial charge in [0.05, 0.1) is 16.9 Å². The Balaban J connectivity index is 1.45. The van der Waals surface area contributed by atoms with Crippen LogP contribution in [0.2, 0.25) is 0 Å². The number of hydrogen-bond acceptors (Lipinski definition) is 5. The highest BCUT2D eigenvalue weighted by molar-refractivity contribution is 6.06. The highest BCUT2D eigenvalue weighted by Gasteiger charge is 2.44. The van der Waals surface area contributed by atoms with Gasteiger partial charge in [-0.2, -0.15) is 0 Å². The van der Waals surface area contributed by atoms with Gasteiger partial charge in [0, 0.05) is 25.8 Å². The van der Waals surface area contributed by atoms with Crippen molar-refractivity contribution in [2.45, 2.75) is 25.3 Å². The third-order valence-corrected chi connectivity index (χ3v) is 5.27. The van der Waals surface area contributed by atoms with E-state index in [9.17, 15) is 9.59 Å². The number of anilines is 3. The van der Waals surface area contributed by atoms with Crippen molar-refractivity contribution in [3.8, 4) is 0 Å². The van der Waals surface area contributed by atoms with Crippen molar-refractivity contribution in [1.82, 2.24) is 10.3 Å². The van der Waals surface area contributed by atoms with Gasteiger partial charge >= 0.3 is 0 Å². The Hall–Kier alpha value is -3.09. The van der Waals surface area contributed by atoms with Gasteiger partial charge in [0.15, 0.2) is 0 Å². The summed E-state index contributed by atoms with van der Waals surface area (Å²) in [6.07, 6.45) is 2.98. The van der Waals surface area contributed by atoms with Gasteiger partial charge in [-0.05, 0) is 44.0 Å². The zero-order valence-electron chi connectivity index (χ0n) is 15.3. The molecule has 0 bridgehead atoms. The summed E-state index contributed by atoms with van der Waals surface area (Å²) in [4.78, 5) is 31.2. The summed E-state index contributed by atoms with van der Waals surface area (Å²) < 4.78 is 0. The number of nitrogens with zero attached hydrogens (tertiary/aromatic N) is 2. The number of pyridine rings is 1. The highest BCUT2D eigenvalue weighted by Crippen LogP contribution is 2.36. The van der Waals surface area contributed by atoms with E-state index in [4.69, 9.17) is 0 Å². The highest BCUT2D eigenvalue weighted by atomic mass is 16.2. The SMILES string of the molecule is CCNC(=O)c1ccc(N2CCC3(CC2)Nc2ccccc2NC3=O)nc1. The van der Waals surface area contributed by atoms with E-state index in [1.807, 2.05) is 37.3 Å². The average Bonchev–Trinajstić information content (AvgIpc) is 2.70. The van der Waals surface area contributed by atoms with Crippen molar-refractivity contribution >= 4 is 29.0 Å². The third kappa shape index (κ3) is 3.20. The molecule has 1 aromatic heterocycles. The molecule has 0 atom stereocenters. The maximum Gasteiger partial charge on any atom is 0.252 e. The van der Waals surface area contributed by atoms with E-state index in [0.29, 0.717) is 24.9 Å². The monoisotopic (exact) mass is 365 g/mol. The van der Waals surface area contributed by atoms with Crippen LogP contribution in [0.5, 0.6) is 0 Å². The van der Waals surface area contributed by atoms with Gasteiger partial charge in [-0.1, -0.05) is 12.1 Å². The van der Waals surface area contributed by atoms with E-state index < -0.39 is 5.54 Å². The second-order valence-corrected chi connectivity index (χ2v) is 6.96. The lowest BCUT2D eigenvalue weighted by atomic mass is 9.84. The number of aromatic nitrogens is 1. The Labute approximate surface area is 158 Å². The molecule has 1 spiro atoms. The van der Waals surface area contributed by atoms with Gasteiger partial charge in [0.2, 0.25) is 5.91 Å². The van der Waals surface area contributed by atoms with Crippen LogP contribution in [0.1, 0.15) is 30.1 Å². The normalized spacial score (nSPS) is 17.7. The number of piperidine rings is 1. The second kappa shape index (κ2) is 6.90. The number of carbonyl (C=O) groups is 2. The first-order chi connectivity index (χ1) is 13.1. The number of benzene rings is 1. The molecule has 7 heteroatoms. The van der Waals surface area contributed by atoms with Gasteiger partial charge < -0.3 is 20.9 Å². The first-order valence-electron chi connectivity index (χ1n) is 9.29. The maximum absolute atomic E-state index is 12.7. The number of amides is 2. The number of fused-ring (bicyclic) bond motifs is 1. The van der Waals surface area contributed by atoms with Crippen LogP contribution in [0.3, 0.4) is 0 Å². The number of hydrogen-bond donors (Lipinski definition) is 3. The van der Waals surface area contributed by atoms with Crippen LogP contribution < -0.4 is 20.9 Å². The summed E-state index contributed by atoms with van der Waals surface area (Å²) >= 11 is 0. The van der Waals surface area contributed by atoms with Crippen molar-refractivity contribution in [3.63, 3.8) is 0 Å². The van der Waals surface area contributed by atoms with Crippen molar-refractivity contribution < 1.29 is 9.59 Å². The zero-order chi connectivity index (χ0) is 18.9. The number of rotatable bonds is 3. The Morgan fingerprint density at radius 3 is 2.59 bits per heavy atom. The van der Waals surface area contributed by atoms with Crippen molar-refractivity contribution in [3.05, 3.63) is 48.2 Å². The van der Waals surface area contributed by atoms with E-state index in [2.05, 4.69) is 25.8 Å². The summed E-state index contributed by atoms with van der Waals surface area (Å²) in [5.74, 6) is 0.741.